The van der Waals surface area contributed by atoms with E-state index in [0.717, 1.165) is 24.4 Å². The number of hydrogen-bond acceptors (Lipinski definition) is 4. The van der Waals surface area contributed by atoms with E-state index in [-0.39, 0.29) is 5.91 Å². The summed E-state index contributed by atoms with van der Waals surface area (Å²) in [6.07, 6.45) is 3.72. The number of hydrogen-bond donors (Lipinski definition) is 1. The molecule has 5 rings (SSSR count). The van der Waals surface area contributed by atoms with E-state index in [0.29, 0.717) is 6.04 Å². The number of aryl methyl sites for hydroxylation is 1. The Morgan fingerprint density at radius 2 is 1.92 bits per heavy atom. The zero-order chi connectivity index (χ0) is 17.2. The van der Waals surface area contributed by atoms with Crippen LogP contribution >= 0.6 is 23.1 Å². The molecule has 1 amide bonds. The Morgan fingerprint density at radius 3 is 2.60 bits per heavy atom. The van der Waals surface area contributed by atoms with Crippen molar-refractivity contribution in [1.82, 2.24) is 10.2 Å². The molecule has 0 radical (unpaired) electrons. The van der Waals surface area contributed by atoms with Crippen molar-refractivity contribution in [3.05, 3.63) is 46.8 Å². The second-order valence-corrected chi connectivity index (χ2v) is 9.80. The molecule has 25 heavy (non-hydrogen) atoms. The van der Waals surface area contributed by atoms with E-state index in [1.54, 1.807) is 23.1 Å². The van der Waals surface area contributed by atoms with Crippen molar-refractivity contribution in [3.63, 3.8) is 0 Å². The number of thiophene rings is 1. The molecule has 3 aliphatic heterocycles. The average Bonchev–Trinajstić information content (AvgIpc) is 2.81. The maximum Gasteiger partial charge on any atom is 0.251 e. The highest BCUT2D eigenvalue weighted by atomic mass is 32.2. The van der Waals surface area contributed by atoms with Gasteiger partial charge in [0.05, 0.1) is 4.21 Å². The highest BCUT2D eigenvalue weighted by Crippen LogP contribution is 2.33. The van der Waals surface area contributed by atoms with Crippen molar-refractivity contribution in [3.8, 4) is 0 Å². The summed E-state index contributed by atoms with van der Waals surface area (Å²) in [6.45, 7) is 5.53. The first-order valence-electron chi connectivity index (χ1n) is 9.03. The molecule has 1 unspecified atom stereocenters. The van der Waals surface area contributed by atoms with Gasteiger partial charge >= 0.3 is 0 Å². The fourth-order valence-electron chi connectivity index (χ4n) is 3.82. The summed E-state index contributed by atoms with van der Waals surface area (Å²) < 4.78 is 1.29. The van der Waals surface area contributed by atoms with Gasteiger partial charge in [0.1, 0.15) is 0 Å². The van der Waals surface area contributed by atoms with Gasteiger partial charge in [-0.25, -0.2) is 0 Å². The van der Waals surface area contributed by atoms with Gasteiger partial charge in [-0.3, -0.25) is 4.79 Å². The van der Waals surface area contributed by atoms with E-state index < -0.39 is 0 Å². The number of nitrogens with zero attached hydrogens (tertiary/aromatic N) is 1. The second kappa shape index (κ2) is 7.52. The molecular weight excluding hydrogens is 348 g/mol. The summed E-state index contributed by atoms with van der Waals surface area (Å²) in [7, 11) is 0. The summed E-state index contributed by atoms with van der Waals surface area (Å²) in [5.41, 5.74) is 0.762. The average molecular weight is 373 g/mol. The van der Waals surface area contributed by atoms with Gasteiger partial charge in [-0.2, -0.15) is 0 Å². The molecule has 1 aromatic heterocycles. The summed E-state index contributed by atoms with van der Waals surface area (Å²) in [6, 6.07) is 12.6. The maximum absolute atomic E-state index is 12.6. The number of benzene rings is 1. The molecule has 4 heterocycles. The molecule has 1 aromatic carbocycles. The Bertz CT molecular complexity index is 718. The number of fused-ring (bicyclic) bond motifs is 4. The van der Waals surface area contributed by atoms with E-state index in [9.17, 15) is 4.79 Å². The summed E-state index contributed by atoms with van der Waals surface area (Å²) in [5, 5.41) is 3.26. The third kappa shape index (κ3) is 4.27. The zero-order valence-corrected chi connectivity index (χ0v) is 16.2. The molecule has 3 nitrogen and oxygen atoms in total. The zero-order valence-electron chi connectivity index (χ0n) is 14.5. The van der Waals surface area contributed by atoms with Crippen LogP contribution in [0, 0.1) is 12.8 Å². The van der Waals surface area contributed by atoms with Crippen molar-refractivity contribution in [2.24, 2.45) is 5.92 Å². The van der Waals surface area contributed by atoms with E-state index >= 15 is 0 Å². The minimum absolute atomic E-state index is 0.0658. The van der Waals surface area contributed by atoms with Gasteiger partial charge in [-0.05, 0) is 81.6 Å². The highest BCUT2D eigenvalue weighted by Gasteiger charge is 2.29. The van der Waals surface area contributed by atoms with E-state index in [4.69, 9.17) is 0 Å². The Kier molecular flexibility index (Phi) is 5.15. The second-order valence-electron chi connectivity index (χ2n) is 7.14. The Hall–Kier alpha value is -1.30. The molecule has 0 aliphatic carbocycles. The first-order valence-corrected chi connectivity index (χ1v) is 10.7. The SMILES string of the molecule is Cc1ccc(Sc2ccc(C(=O)NC3CC4CCN(CC4)C3)cc2)s1. The molecular formula is C20H24N2OS2. The molecule has 3 saturated heterocycles. The third-order valence-corrected chi connectivity index (χ3v) is 7.33. The van der Waals surface area contributed by atoms with Crippen LogP contribution in [0.2, 0.25) is 0 Å². The quantitative estimate of drug-likeness (QED) is 0.862. The lowest BCUT2D eigenvalue weighted by Gasteiger charge is -2.26. The van der Waals surface area contributed by atoms with E-state index in [1.165, 1.54) is 39.9 Å². The number of amides is 1. The molecule has 2 bridgehead atoms. The predicted molar refractivity (Wildman–Crippen MR) is 105 cm³/mol. The van der Waals surface area contributed by atoms with Crippen molar-refractivity contribution < 1.29 is 4.79 Å². The lowest BCUT2D eigenvalue weighted by Crippen LogP contribution is -2.41. The monoisotopic (exact) mass is 372 g/mol. The van der Waals surface area contributed by atoms with E-state index in [1.807, 2.05) is 12.1 Å². The highest BCUT2D eigenvalue weighted by molar-refractivity contribution is 8.01. The minimum Gasteiger partial charge on any atom is -0.348 e. The lowest BCUT2D eigenvalue weighted by molar-refractivity contribution is 0.0928. The van der Waals surface area contributed by atoms with Gasteiger partial charge in [0.15, 0.2) is 0 Å². The Morgan fingerprint density at radius 1 is 1.16 bits per heavy atom. The summed E-state index contributed by atoms with van der Waals surface area (Å²) in [5.74, 6) is 0.855. The van der Waals surface area contributed by atoms with Gasteiger partial charge in [-0.1, -0.05) is 11.8 Å². The molecule has 1 atom stereocenters. The van der Waals surface area contributed by atoms with Gasteiger partial charge < -0.3 is 10.2 Å². The van der Waals surface area contributed by atoms with Crippen LogP contribution in [0.25, 0.3) is 0 Å². The molecule has 2 aromatic rings. The van der Waals surface area contributed by atoms with Crippen LogP contribution in [0.1, 0.15) is 34.5 Å². The fourth-order valence-corrected chi connectivity index (χ4v) is 5.90. The van der Waals surface area contributed by atoms with Crippen LogP contribution in [0.5, 0.6) is 0 Å². The van der Waals surface area contributed by atoms with Crippen LogP contribution in [0.4, 0.5) is 0 Å². The van der Waals surface area contributed by atoms with Crippen LogP contribution in [0.3, 0.4) is 0 Å². The number of carbonyl (C=O) groups excluding carboxylic acids is 1. The van der Waals surface area contributed by atoms with Crippen molar-refractivity contribution in [2.45, 2.75) is 41.3 Å². The largest absolute Gasteiger partial charge is 0.348 e. The molecule has 0 saturated carbocycles. The summed E-state index contributed by atoms with van der Waals surface area (Å²) in [4.78, 5) is 17.6. The first-order chi connectivity index (χ1) is 12.2. The Labute approximate surface area is 157 Å². The first kappa shape index (κ1) is 17.1. The predicted octanol–water partition coefficient (Wildman–Crippen LogP) is 4.42. The number of nitrogens with one attached hydrogen (secondary N) is 1. The fraction of sp³-hybridized carbons (Fsp3) is 0.450. The van der Waals surface area contributed by atoms with Gasteiger partial charge in [0, 0.05) is 27.9 Å². The Balaban J connectivity index is 1.37. The summed E-state index contributed by atoms with van der Waals surface area (Å²) >= 11 is 3.56. The molecule has 3 fully saturated rings. The minimum atomic E-state index is 0.0658. The molecule has 0 spiro atoms. The maximum atomic E-state index is 12.6. The van der Waals surface area contributed by atoms with Crippen LogP contribution in [-0.4, -0.2) is 36.5 Å². The number of carbonyl (C=O) groups is 1. The topological polar surface area (TPSA) is 32.3 Å². The lowest BCUT2D eigenvalue weighted by atomic mass is 9.94. The third-order valence-electron chi connectivity index (χ3n) is 5.19. The van der Waals surface area contributed by atoms with Gasteiger partial charge in [0.25, 0.3) is 5.91 Å². The number of piperidine rings is 1. The normalized spacial score (nSPS) is 25.6. The van der Waals surface area contributed by atoms with E-state index in [2.05, 4.69) is 41.4 Å². The van der Waals surface area contributed by atoms with Crippen molar-refractivity contribution >= 4 is 29.0 Å². The van der Waals surface area contributed by atoms with Crippen LogP contribution in [0.15, 0.2) is 45.5 Å². The van der Waals surface area contributed by atoms with Crippen molar-refractivity contribution in [2.75, 3.05) is 19.6 Å². The molecule has 5 heteroatoms. The van der Waals surface area contributed by atoms with Crippen LogP contribution < -0.4 is 5.32 Å². The smallest absolute Gasteiger partial charge is 0.251 e. The molecule has 1 N–H and O–H groups in total. The van der Waals surface area contributed by atoms with Gasteiger partial charge in [-0.15, -0.1) is 11.3 Å². The standard InChI is InChI=1S/C20H24N2OS2/c1-14-2-7-19(24-14)25-18-5-3-16(4-6-18)20(23)21-17-12-15-8-10-22(13-17)11-9-15/h2-7,15,17H,8-13H2,1H3,(H,21,23). The number of rotatable bonds is 4. The van der Waals surface area contributed by atoms with Crippen LogP contribution in [-0.2, 0) is 0 Å². The molecule has 3 aliphatic rings. The molecule has 132 valence electrons. The van der Waals surface area contributed by atoms with Gasteiger partial charge in [0.2, 0.25) is 0 Å². The van der Waals surface area contributed by atoms with Crippen molar-refractivity contribution in [1.29, 1.82) is 0 Å².